The lowest BCUT2D eigenvalue weighted by Crippen LogP contribution is -2.12. The lowest BCUT2D eigenvalue weighted by molar-refractivity contribution is 0.364. The Kier molecular flexibility index (Phi) is 3.77. The van der Waals surface area contributed by atoms with Crippen LogP contribution in [0.3, 0.4) is 0 Å². The number of benzene rings is 2. The van der Waals surface area contributed by atoms with Crippen molar-refractivity contribution in [2.24, 2.45) is 0 Å². The first kappa shape index (κ1) is 13.0. The second-order valence-corrected chi connectivity index (χ2v) is 4.17. The quantitative estimate of drug-likeness (QED) is 0.541. The highest BCUT2D eigenvalue weighted by Gasteiger charge is 2.10. The van der Waals surface area contributed by atoms with E-state index in [0.717, 1.165) is 5.56 Å². The molecule has 0 amide bonds. The highest BCUT2D eigenvalue weighted by Crippen LogP contribution is 2.36. The van der Waals surface area contributed by atoms with Crippen LogP contribution in [0.15, 0.2) is 36.4 Å². The van der Waals surface area contributed by atoms with Gasteiger partial charge in [0.15, 0.2) is 11.5 Å². The third-order valence-electron chi connectivity index (χ3n) is 2.84. The molecular weight excluding hydrogens is 246 g/mol. The van der Waals surface area contributed by atoms with Gasteiger partial charge in [0.05, 0.1) is 0 Å². The molecule has 0 atom stereocenters. The van der Waals surface area contributed by atoms with Crippen LogP contribution >= 0.6 is 0 Å². The lowest BCUT2D eigenvalue weighted by atomic mass is 10.1. The Morgan fingerprint density at radius 2 is 1.37 bits per heavy atom. The second-order valence-electron chi connectivity index (χ2n) is 4.17. The molecule has 0 aromatic heterocycles. The zero-order chi connectivity index (χ0) is 13.8. The van der Waals surface area contributed by atoms with Crippen molar-refractivity contribution in [1.29, 1.82) is 0 Å². The van der Waals surface area contributed by atoms with Gasteiger partial charge in [0.2, 0.25) is 5.75 Å². The zero-order valence-corrected chi connectivity index (χ0v) is 10.2. The van der Waals surface area contributed by atoms with Crippen molar-refractivity contribution in [3.63, 3.8) is 0 Å². The molecule has 0 heterocycles. The normalized spacial score (nSPS) is 10.5. The molecule has 100 valence electrons. The Bertz CT molecular complexity index is 584. The van der Waals surface area contributed by atoms with E-state index in [1.54, 1.807) is 18.2 Å². The first-order chi connectivity index (χ1) is 9.09. The average Bonchev–Trinajstić information content (AvgIpc) is 2.41. The molecule has 0 fully saturated rings. The molecule has 2 rings (SSSR count). The average molecular weight is 261 g/mol. The molecule has 5 heteroatoms. The molecule has 0 saturated heterocycles. The second kappa shape index (κ2) is 5.49. The van der Waals surface area contributed by atoms with Crippen molar-refractivity contribution in [2.45, 2.75) is 13.1 Å². The maximum absolute atomic E-state index is 9.63. The van der Waals surface area contributed by atoms with Crippen LogP contribution in [0.5, 0.6) is 23.0 Å². The monoisotopic (exact) mass is 261 g/mol. The van der Waals surface area contributed by atoms with Gasteiger partial charge in [0.1, 0.15) is 5.75 Å². The predicted octanol–water partition coefficient (Wildman–Crippen LogP) is 1.80. The number of phenols is 4. The van der Waals surface area contributed by atoms with Crippen LogP contribution < -0.4 is 5.32 Å². The number of para-hydroxylation sites is 1. The molecule has 0 bridgehead atoms. The molecule has 19 heavy (non-hydrogen) atoms. The van der Waals surface area contributed by atoms with Gasteiger partial charge in [-0.3, -0.25) is 0 Å². The van der Waals surface area contributed by atoms with Crippen molar-refractivity contribution in [2.75, 3.05) is 0 Å². The van der Waals surface area contributed by atoms with Crippen LogP contribution in [0.25, 0.3) is 0 Å². The minimum absolute atomic E-state index is 0.202. The van der Waals surface area contributed by atoms with Crippen LogP contribution in [-0.4, -0.2) is 20.4 Å². The third kappa shape index (κ3) is 2.89. The Morgan fingerprint density at radius 1 is 0.684 bits per heavy atom. The number of hydrogen-bond acceptors (Lipinski definition) is 5. The molecular formula is C14H15NO4. The molecule has 0 aliphatic carbocycles. The molecule has 5 N–H and O–H groups in total. The topological polar surface area (TPSA) is 93.0 Å². The van der Waals surface area contributed by atoms with Crippen LogP contribution in [0.4, 0.5) is 0 Å². The molecule has 0 radical (unpaired) electrons. The van der Waals surface area contributed by atoms with Gasteiger partial charge >= 0.3 is 0 Å². The van der Waals surface area contributed by atoms with E-state index in [1.165, 1.54) is 12.1 Å². The molecule has 0 aliphatic heterocycles. The Morgan fingerprint density at radius 3 is 2.11 bits per heavy atom. The van der Waals surface area contributed by atoms with Crippen molar-refractivity contribution in [3.8, 4) is 23.0 Å². The molecule has 0 spiro atoms. The van der Waals surface area contributed by atoms with E-state index in [2.05, 4.69) is 5.32 Å². The first-order valence-electron chi connectivity index (χ1n) is 5.80. The SMILES string of the molecule is Oc1ccccc1CNCc1ccc(O)c(O)c1O. The van der Waals surface area contributed by atoms with E-state index in [-0.39, 0.29) is 17.2 Å². The summed E-state index contributed by atoms with van der Waals surface area (Å²) >= 11 is 0. The summed E-state index contributed by atoms with van der Waals surface area (Å²) in [6, 6.07) is 9.77. The van der Waals surface area contributed by atoms with Crippen molar-refractivity contribution >= 4 is 0 Å². The largest absolute Gasteiger partial charge is 0.508 e. The van der Waals surface area contributed by atoms with Crippen LogP contribution in [-0.2, 0) is 13.1 Å². The molecule has 0 aliphatic rings. The molecule has 0 saturated carbocycles. The fraction of sp³-hybridized carbons (Fsp3) is 0.143. The smallest absolute Gasteiger partial charge is 0.200 e. The van der Waals surface area contributed by atoms with Crippen LogP contribution in [0, 0.1) is 0 Å². The summed E-state index contributed by atoms with van der Waals surface area (Å²) in [4.78, 5) is 0. The van der Waals surface area contributed by atoms with Gasteiger partial charge in [0.25, 0.3) is 0 Å². The Hall–Kier alpha value is -2.40. The summed E-state index contributed by atoms with van der Waals surface area (Å²) < 4.78 is 0. The van der Waals surface area contributed by atoms with E-state index >= 15 is 0 Å². The van der Waals surface area contributed by atoms with Gasteiger partial charge in [-0.05, 0) is 12.1 Å². The van der Waals surface area contributed by atoms with Crippen LogP contribution in [0.1, 0.15) is 11.1 Å². The van der Waals surface area contributed by atoms with E-state index in [9.17, 15) is 20.4 Å². The van der Waals surface area contributed by atoms with Crippen molar-refractivity contribution in [3.05, 3.63) is 47.5 Å². The van der Waals surface area contributed by atoms with E-state index in [0.29, 0.717) is 18.7 Å². The summed E-state index contributed by atoms with van der Waals surface area (Å²) in [6.07, 6.45) is 0. The van der Waals surface area contributed by atoms with Gasteiger partial charge in [-0.15, -0.1) is 0 Å². The summed E-state index contributed by atoms with van der Waals surface area (Å²) in [7, 11) is 0. The van der Waals surface area contributed by atoms with E-state index in [4.69, 9.17) is 0 Å². The number of nitrogens with one attached hydrogen (secondary N) is 1. The maximum atomic E-state index is 9.63. The summed E-state index contributed by atoms with van der Waals surface area (Å²) in [5.74, 6) is -1.03. The minimum Gasteiger partial charge on any atom is -0.508 e. The zero-order valence-electron chi connectivity index (χ0n) is 10.2. The standard InChI is InChI=1S/C14H15NO4/c16-11-4-2-1-3-9(11)7-15-8-10-5-6-12(17)14(19)13(10)18/h1-6,15-19H,7-8H2. The Labute approximate surface area is 110 Å². The number of phenolic OH excluding ortho intramolecular Hbond substituents is 4. The minimum atomic E-state index is -0.526. The van der Waals surface area contributed by atoms with Gasteiger partial charge in [0, 0.05) is 24.2 Å². The number of rotatable bonds is 4. The van der Waals surface area contributed by atoms with Crippen molar-refractivity contribution < 1.29 is 20.4 Å². The maximum Gasteiger partial charge on any atom is 0.200 e. The number of aromatic hydroxyl groups is 4. The Balaban J connectivity index is 2.01. The van der Waals surface area contributed by atoms with Gasteiger partial charge < -0.3 is 25.7 Å². The summed E-state index contributed by atoms with van der Waals surface area (Å²) in [5, 5.41) is 40.8. The summed E-state index contributed by atoms with van der Waals surface area (Å²) in [6.45, 7) is 0.724. The fourth-order valence-corrected chi connectivity index (χ4v) is 1.75. The third-order valence-corrected chi connectivity index (χ3v) is 2.84. The van der Waals surface area contributed by atoms with E-state index in [1.807, 2.05) is 6.07 Å². The molecule has 5 nitrogen and oxygen atoms in total. The summed E-state index contributed by atoms with van der Waals surface area (Å²) in [5.41, 5.74) is 1.20. The lowest BCUT2D eigenvalue weighted by Gasteiger charge is -2.09. The fourth-order valence-electron chi connectivity index (χ4n) is 1.75. The van der Waals surface area contributed by atoms with Gasteiger partial charge in [-0.2, -0.15) is 0 Å². The molecule has 2 aromatic rings. The predicted molar refractivity (Wildman–Crippen MR) is 70.1 cm³/mol. The van der Waals surface area contributed by atoms with E-state index < -0.39 is 5.75 Å². The van der Waals surface area contributed by atoms with Crippen LogP contribution in [0.2, 0.25) is 0 Å². The molecule has 2 aromatic carbocycles. The van der Waals surface area contributed by atoms with Crippen molar-refractivity contribution in [1.82, 2.24) is 5.32 Å². The number of hydrogen-bond donors (Lipinski definition) is 5. The highest BCUT2D eigenvalue weighted by molar-refractivity contribution is 5.53. The molecule has 0 unspecified atom stereocenters. The van der Waals surface area contributed by atoms with Gasteiger partial charge in [-0.1, -0.05) is 24.3 Å². The highest BCUT2D eigenvalue weighted by atomic mass is 16.3. The first-order valence-corrected chi connectivity index (χ1v) is 5.80. The van der Waals surface area contributed by atoms with Gasteiger partial charge in [-0.25, -0.2) is 0 Å².